The Kier molecular flexibility index (Phi) is 11.6. The SMILES string of the molecule is COCCOC(=O)/C=C(/C(=O)OCCOC)[Si](C)(C)CCC(C)C. The quantitative estimate of drug-likeness (QED) is 0.231. The van der Waals surface area contributed by atoms with Gasteiger partial charge in [0.1, 0.15) is 13.2 Å². The van der Waals surface area contributed by atoms with Gasteiger partial charge in [-0.2, -0.15) is 0 Å². The predicted molar refractivity (Wildman–Crippen MR) is 95.5 cm³/mol. The minimum atomic E-state index is -2.12. The van der Waals surface area contributed by atoms with E-state index in [1.54, 1.807) is 7.11 Å². The number of hydrogen-bond acceptors (Lipinski definition) is 6. The third kappa shape index (κ3) is 9.84. The maximum atomic E-state index is 12.4. The van der Waals surface area contributed by atoms with Crippen molar-refractivity contribution in [1.82, 2.24) is 0 Å². The van der Waals surface area contributed by atoms with Crippen LogP contribution in [-0.4, -0.2) is 60.7 Å². The third-order valence-corrected chi connectivity index (χ3v) is 6.96. The lowest BCUT2D eigenvalue weighted by molar-refractivity contribution is -0.142. The van der Waals surface area contributed by atoms with E-state index in [1.807, 2.05) is 0 Å². The first-order chi connectivity index (χ1) is 11.2. The van der Waals surface area contributed by atoms with Crippen molar-refractivity contribution in [2.24, 2.45) is 5.92 Å². The molecule has 0 bridgehead atoms. The van der Waals surface area contributed by atoms with Gasteiger partial charge in [0, 0.05) is 25.5 Å². The largest absolute Gasteiger partial charge is 0.460 e. The fourth-order valence-electron chi connectivity index (χ4n) is 2.00. The molecule has 0 aromatic rings. The zero-order valence-electron chi connectivity index (χ0n) is 15.8. The second-order valence-corrected chi connectivity index (χ2v) is 11.5. The van der Waals surface area contributed by atoms with E-state index >= 15 is 0 Å². The molecule has 0 aromatic heterocycles. The fraction of sp³-hybridized carbons (Fsp3) is 0.765. The number of methoxy groups -OCH3 is 2. The summed E-state index contributed by atoms with van der Waals surface area (Å²) in [6.07, 6.45) is 2.30. The van der Waals surface area contributed by atoms with Crippen molar-refractivity contribution < 1.29 is 28.5 Å². The molecule has 0 aromatic carbocycles. The zero-order chi connectivity index (χ0) is 18.6. The summed E-state index contributed by atoms with van der Waals surface area (Å²) in [6, 6.07) is 0.904. The molecule has 0 spiro atoms. The Bertz CT molecular complexity index is 417. The molecule has 0 fully saturated rings. The minimum absolute atomic E-state index is 0.159. The number of hydrogen-bond donors (Lipinski definition) is 0. The Morgan fingerprint density at radius 2 is 1.50 bits per heavy atom. The molecule has 0 aliphatic carbocycles. The molecule has 0 atom stereocenters. The number of esters is 2. The van der Waals surface area contributed by atoms with Crippen molar-refractivity contribution in [2.45, 2.75) is 39.4 Å². The highest BCUT2D eigenvalue weighted by atomic mass is 28.3. The lowest BCUT2D eigenvalue weighted by Crippen LogP contribution is -2.36. The first-order valence-corrected chi connectivity index (χ1v) is 11.5. The average Bonchev–Trinajstić information content (AvgIpc) is 2.51. The van der Waals surface area contributed by atoms with Gasteiger partial charge in [-0.15, -0.1) is 0 Å². The molecule has 0 aliphatic heterocycles. The topological polar surface area (TPSA) is 71.1 Å². The van der Waals surface area contributed by atoms with Gasteiger partial charge >= 0.3 is 11.9 Å². The van der Waals surface area contributed by atoms with Crippen LogP contribution < -0.4 is 0 Å². The molecule has 0 aliphatic rings. The Hall–Kier alpha value is -1.18. The zero-order valence-corrected chi connectivity index (χ0v) is 16.8. The fourth-order valence-corrected chi connectivity index (χ4v) is 4.70. The van der Waals surface area contributed by atoms with Crippen LogP contribution in [0.4, 0.5) is 0 Å². The third-order valence-electron chi connectivity index (χ3n) is 3.61. The lowest BCUT2D eigenvalue weighted by atomic mass is 10.2. The van der Waals surface area contributed by atoms with E-state index in [-0.39, 0.29) is 13.2 Å². The molecular weight excluding hydrogens is 328 g/mol. The summed E-state index contributed by atoms with van der Waals surface area (Å²) in [4.78, 5) is 24.4. The molecule has 0 saturated heterocycles. The molecular formula is C17H32O6Si. The van der Waals surface area contributed by atoms with Crippen LogP contribution in [0.25, 0.3) is 0 Å². The normalized spacial score (nSPS) is 12.4. The average molecular weight is 361 g/mol. The van der Waals surface area contributed by atoms with Crippen molar-refractivity contribution in [3.63, 3.8) is 0 Å². The Morgan fingerprint density at radius 3 is 2.00 bits per heavy atom. The van der Waals surface area contributed by atoms with Crippen LogP contribution in [-0.2, 0) is 28.5 Å². The van der Waals surface area contributed by atoms with Crippen LogP contribution in [0.1, 0.15) is 20.3 Å². The first kappa shape index (κ1) is 22.8. The van der Waals surface area contributed by atoms with Crippen molar-refractivity contribution in [1.29, 1.82) is 0 Å². The Labute approximate surface area is 146 Å². The molecule has 0 radical (unpaired) electrons. The van der Waals surface area contributed by atoms with E-state index in [2.05, 4.69) is 26.9 Å². The van der Waals surface area contributed by atoms with Crippen LogP contribution in [0.2, 0.25) is 19.1 Å². The standard InChI is InChI=1S/C17H32O6Si/c1-14(2)7-12-24(5,6)15(17(19)23-11-9-21-4)13-16(18)22-10-8-20-3/h13-14H,7-12H2,1-6H3/b15-13-. The number of carbonyl (C=O) groups is 2. The molecule has 0 amide bonds. The first-order valence-electron chi connectivity index (χ1n) is 8.28. The van der Waals surface area contributed by atoms with Crippen molar-refractivity contribution in [2.75, 3.05) is 40.6 Å². The highest BCUT2D eigenvalue weighted by Crippen LogP contribution is 2.25. The van der Waals surface area contributed by atoms with Crippen LogP contribution in [0, 0.1) is 5.92 Å². The van der Waals surface area contributed by atoms with E-state index < -0.39 is 20.0 Å². The number of rotatable bonds is 12. The van der Waals surface area contributed by atoms with Crippen molar-refractivity contribution >= 4 is 20.0 Å². The smallest absolute Gasteiger partial charge is 0.330 e. The van der Waals surface area contributed by atoms with E-state index in [9.17, 15) is 9.59 Å². The summed E-state index contributed by atoms with van der Waals surface area (Å²) in [5.74, 6) is -0.441. The van der Waals surface area contributed by atoms with Crippen molar-refractivity contribution in [3.8, 4) is 0 Å². The Balaban J connectivity index is 5.11. The van der Waals surface area contributed by atoms with Crippen LogP contribution in [0.3, 0.4) is 0 Å². The van der Waals surface area contributed by atoms with Crippen LogP contribution >= 0.6 is 0 Å². The molecule has 6 nitrogen and oxygen atoms in total. The molecule has 140 valence electrons. The van der Waals surface area contributed by atoms with Gasteiger partial charge < -0.3 is 18.9 Å². The van der Waals surface area contributed by atoms with E-state index in [0.29, 0.717) is 24.3 Å². The van der Waals surface area contributed by atoms with Gasteiger partial charge in [0.05, 0.1) is 21.3 Å². The van der Waals surface area contributed by atoms with Crippen molar-refractivity contribution in [3.05, 3.63) is 11.3 Å². The molecule has 0 saturated carbocycles. The number of carbonyl (C=O) groups excluding carboxylic acids is 2. The van der Waals surface area contributed by atoms with Gasteiger partial charge in [-0.1, -0.05) is 39.4 Å². The van der Waals surface area contributed by atoms with Gasteiger partial charge in [0.15, 0.2) is 0 Å². The van der Waals surface area contributed by atoms with Gasteiger partial charge in [0.2, 0.25) is 0 Å². The second-order valence-electron chi connectivity index (χ2n) is 6.66. The summed E-state index contributed by atoms with van der Waals surface area (Å²) in [5, 5.41) is 0.460. The Morgan fingerprint density at radius 1 is 0.958 bits per heavy atom. The molecule has 0 N–H and O–H groups in total. The monoisotopic (exact) mass is 360 g/mol. The lowest BCUT2D eigenvalue weighted by Gasteiger charge is -2.25. The summed E-state index contributed by atoms with van der Waals surface area (Å²) >= 11 is 0. The predicted octanol–water partition coefficient (Wildman–Crippen LogP) is 2.59. The van der Waals surface area contributed by atoms with E-state index in [0.717, 1.165) is 12.5 Å². The van der Waals surface area contributed by atoms with Crippen LogP contribution in [0.15, 0.2) is 11.3 Å². The molecule has 24 heavy (non-hydrogen) atoms. The summed E-state index contributed by atoms with van der Waals surface area (Å²) in [6.45, 7) is 9.40. The highest BCUT2D eigenvalue weighted by Gasteiger charge is 2.33. The van der Waals surface area contributed by atoms with Gasteiger partial charge in [0.25, 0.3) is 0 Å². The molecule has 7 heteroatoms. The summed E-state index contributed by atoms with van der Waals surface area (Å²) < 4.78 is 20.0. The van der Waals surface area contributed by atoms with Gasteiger partial charge in [-0.05, 0) is 5.92 Å². The molecule has 0 rings (SSSR count). The summed E-state index contributed by atoms with van der Waals surface area (Å²) in [7, 11) is 0.957. The maximum Gasteiger partial charge on any atom is 0.330 e. The molecule has 0 heterocycles. The van der Waals surface area contributed by atoms with Crippen LogP contribution in [0.5, 0.6) is 0 Å². The van der Waals surface area contributed by atoms with E-state index in [4.69, 9.17) is 18.9 Å². The maximum absolute atomic E-state index is 12.4. The van der Waals surface area contributed by atoms with Gasteiger partial charge in [-0.25, -0.2) is 9.59 Å². The summed E-state index contributed by atoms with van der Waals surface area (Å²) in [5.41, 5.74) is 0. The second kappa shape index (κ2) is 12.2. The highest BCUT2D eigenvalue weighted by molar-refractivity contribution is 6.88. The van der Waals surface area contributed by atoms with E-state index in [1.165, 1.54) is 13.2 Å². The minimum Gasteiger partial charge on any atom is -0.460 e. The van der Waals surface area contributed by atoms with Gasteiger partial charge in [-0.3, -0.25) is 0 Å². The number of ether oxygens (including phenoxy) is 4. The molecule has 0 unspecified atom stereocenters.